The summed E-state index contributed by atoms with van der Waals surface area (Å²) in [6, 6.07) is 28.5. The van der Waals surface area contributed by atoms with Crippen LogP contribution in [0.25, 0.3) is 0 Å². The maximum absolute atomic E-state index is 12.6. The van der Waals surface area contributed by atoms with Crippen LogP contribution in [-0.2, 0) is 67.5 Å². The number of nitrogens with zero attached hydrogens (tertiary/aromatic N) is 4. The summed E-state index contributed by atoms with van der Waals surface area (Å²) in [5.74, 6) is 0.585. The van der Waals surface area contributed by atoms with E-state index in [4.69, 9.17) is 50.1 Å². The van der Waals surface area contributed by atoms with Crippen molar-refractivity contribution in [2.24, 2.45) is 17.6 Å². The van der Waals surface area contributed by atoms with E-state index >= 15 is 0 Å². The van der Waals surface area contributed by atoms with Crippen LogP contribution in [0.4, 0.5) is 0 Å². The van der Waals surface area contributed by atoms with Gasteiger partial charge in [-0.05, 0) is 182 Å². The Balaban J connectivity index is 0. The molecule has 2 saturated heterocycles. The van der Waals surface area contributed by atoms with Gasteiger partial charge in [-0.15, -0.1) is 0 Å². The monoisotopic (exact) mass is 1570 g/mol. The Morgan fingerprint density at radius 1 is 0.548 bits per heavy atom. The number of hydrogen-bond donors (Lipinski definition) is 8. The molecule has 8 rings (SSSR count). The molecule has 2 unspecified atom stereocenters. The number of carbonyl (C=O) groups excluding carboxylic acids is 4. The standard InChI is InChI=1S/C25H40N2O5.C17H24N2O5.C14H21NO.C7H15N.C7H8O2.C6H11BrO2.CH2O3.2K.H/c1-24(2,3)31-22(29)17-26(15-19-11-7-8-13-21(19)28)16-20-12-9-10-14-27(20)18-23(30)32-25(4,5)6;20-15-7-2-1-5-13(15)9-18(11-16(21)22)10-14-6-3-4-8-19(14)12-17(23)24;16-14-9-5-4-8-13(14)11-15-10-12-6-2-1-3-7-12;8-6-7-4-2-1-3-5-7;1-9-7-5-3-2-4-6(7)8;1-6(2,3)9-5(8)4-7;2-1-4-3;;;/h7-8,11,13,20,28H,9-10,12,14-18H2,1-6H3;1-2,5,7,14,20H,3-4,6,8-12H2,(H,21,22)(H,23,24);4-5,8-9,12,15-16H,1-3,6-7,10-11H2;7H,1-6,8H2;2-5,8H,1H3;4H2,1-3H3;1,3H;;;/q;;;;;;;2*+1;-1/p-1. The molecule has 4 aliphatic rings. The molecule has 0 spiro atoms. The first-order chi connectivity index (χ1) is 48.3. The molecule has 2 saturated carbocycles. The zero-order chi connectivity index (χ0) is 76.1. The average Bonchev–Trinajstić information content (AvgIpc) is 0.854. The van der Waals surface area contributed by atoms with Crippen LogP contribution in [0.15, 0.2) is 97.1 Å². The molecule has 0 aromatic heterocycles. The molecule has 2 atom stereocenters. The third-order valence-corrected chi connectivity index (χ3v) is 17.1. The molecule has 9 N–H and O–H groups in total. The van der Waals surface area contributed by atoms with Gasteiger partial charge in [-0.2, -0.15) is 0 Å². The van der Waals surface area contributed by atoms with E-state index in [0.717, 1.165) is 87.7 Å². The molecular formula is C77H121BrK2N6O18. The SMILES string of the molecule is CC(C)(C)OC(=O)CBr.CC(C)(C)OC(=O)CN(Cc1ccccc1O)CC1CCCCN1CC(=O)OC(C)(C)C.COc1ccccc1O.NCC1CCCCC1.O=C(O)CN(Cc1ccccc1O)CC1CCCCN1CC(=O)O.O=CO[O-].Oc1ccccc1CNCC1CCCCC1.[H-].[K+].[K+]. The summed E-state index contributed by atoms with van der Waals surface area (Å²) >= 11 is 2.99. The van der Waals surface area contributed by atoms with Gasteiger partial charge in [0, 0.05) is 61.5 Å². The molecule has 4 aromatic carbocycles. The number of hydrogen-bond acceptors (Lipinski definition) is 22. The number of nitrogens with two attached hydrogens (primary N) is 1. The first-order valence-corrected chi connectivity index (χ1v) is 36.7. The fourth-order valence-corrected chi connectivity index (χ4v) is 12.1. The molecule has 4 fully saturated rings. The molecular weight excluding hydrogens is 1450 g/mol. The molecule has 104 heavy (non-hydrogen) atoms. The topological polar surface area (TPSA) is 344 Å². The second-order valence-corrected chi connectivity index (χ2v) is 29.4. The van der Waals surface area contributed by atoms with Crippen LogP contribution in [0.1, 0.15) is 183 Å². The second kappa shape index (κ2) is 56.4. The van der Waals surface area contributed by atoms with Crippen LogP contribution in [0.3, 0.4) is 0 Å². The van der Waals surface area contributed by atoms with E-state index in [0.29, 0.717) is 49.8 Å². The van der Waals surface area contributed by atoms with E-state index in [2.05, 4.69) is 31.0 Å². The Morgan fingerprint density at radius 2 is 0.933 bits per heavy atom. The maximum Gasteiger partial charge on any atom is 1.00 e. The van der Waals surface area contributed by atoms with Crippen LogP contribution in [0, 0.1) is 11.8 Å². The summed E-state index contributed by atoms with van der Waals surface area (Å²) in [7, 11) is 1.52. The summed E-state index contributed by atoms with van der Waals surface area (Å²) in [5, 5.41) is 69.1. The van der Waals surface area contributed by atoms with Crippen molar-refractivity contribution in [3.8, 4) is 28.7 Å². The number of aliphatic carboxylic acids is 2. The quantitative estimate of drug-likeness (QED) is 0.00848. The zero-order valence-electron chi connectivity index (χ0n) is 65.2. The number of carboxylic acids is 2. The van der Waals surface area contributed by atoms with E-state index in [9.17, 15) is 39.3 Å². The maximum atomic E-state index is 12.6. The molecule has 2 heterocycles. The van der Waals surface area contributed by atoms with Crippen molar-refractivity contribution >= 4 is 52.2 Å². The first-order valence-electron chi connectivity index (χ1n) is 35.6. The number of methoxy groups -OCH3 is 1. The van der Waals surface area contributed by atoms with Crippen molar-refractivity contribution in [3.05, 3.63) is 114 Å². The van der Waals surface area contributed by atoms with E-state index in [1.54, 1.807) is 71.6 Å². The number of carbonyl (C=O) groups is 6. The van der Waals surface area contributed by atoms with Crippen molar-refractivity contribution in [1.82, 2.24) is 24.9 Å². The molecule has 4 aromatic rings. The smallest absolute Gasteiger partial charge is 1.00 e. The second-order valence-electron chi connectivity index (χ2n) is 28.9. The van der Waals surface area contributed by atoms with Gasteiger partial charge >= 0.3 is 133 Å². The van der Waals surface area contributed by atoms with Crippen molar-refractivity contribution in [3.63, 3.8) is 0 Å². The van der Waals surface area contributed by atoms with Gasteiger partial charge in [0.05, 0.1) is 33.3 Å². The van der Waals surface area contributed by atoms with Crippen molar-refractivity contribution in [2.45, 2.75) is 214 Å². The minimum absolute atomic E-state index is 0. The predicted molar refractivity (Wildman–Crippen MR) is 397 cm³/mol. The molecule has 0 amide bonds. The number of carboxylic acid groups (broad SMARTS) is 2. The van der Waals surface area contributed by atoms with Gasteiger partial charge in [-0.1, -0.05) is 134 Å². The third kappa shape index (κ3) is 48.6. The van der Waals surface area contributed by atoms with Gasteiger partial charge in [-0.3, -0.25) is 48.4 Å². The fourth-order valence-electron chi connectivity index (χ4n) is 12.0. The third-order valence-electron chi connectivity index (χ3n) is 16.6. The van der Waals surface area contributed by atoms with E-state index in [1.165, 1.54) is 71.3 Å². The number of aromatic hydroxyl groups is 4. The number of halogens is 1. The van der Waals surface area contributed by atoms with Gasteiger partial charge in [0.2, 0.25) is 0 Å². The van der Waals surface area contributed by atoms with E-state index in [-0.39, 0.29) is 195 Å². The Labute approximate surface area is 713 Å². The Morgan fingerprint density at radius 3 is 1.30 bits per heavy atom. The van der Waals surface area contributed by atoms with Crippen LogP contribution in [0.2, 0.25) is 0 Å². The van der Waals surface area contributed by atoms with Crippen LogP contribution < -0.4 is 124 Å². The number of nitrogens with one attached hydrogen (secondary N) is 1. The number of phenols is 4. The van der Waals surface area contributed by atoms with Gasteiger partial charge in [0.25, 0.3) is 6.47 Å². The molecule has 24 nitrogen and oxygen atoms in total. The van der Waals surface area contributed by atoms with Crippen molar-refractivity contribution < 1.29 is 193 Å². The average molecular weight is 1580 g/mol. The number of ether oxygens (including phenoxy) is 4. The van der Waals surface area contributed by atoms with Gasteiger partial charge in [0.15, 0.2) is 11.5 Å². The van der Waals surface area contributed by atoms with Crippen LogP contribution in [0.5, 0.6) is 28.7 Å². The summed E-state index contributed by atoms with van der Waals surface area (Å²) in [6.45, 7) is 22.8. The zero-order valence-corrected chi connectivity index (χ0v) is 72.0. The number of likely N-dealkylation sites (tertiary alicyclic amines) is 2. The molecule has 2 aliphatic heterocycles. The normalized spacial score (nSPS) is 16.3. The van der Waals surface area contributed by atoms with Crippen LogP contribution >= 0.6 is 15.9 Å². The minimum atomic E-state index is -0.939. The first kappa shape index (κ1) is 100. The van der Waals surface area contributed by atoms with E-state index < -0.39 is 23.1 Å². The number of para-hydroxylation sites is 5. The fraction of sp³-hybridized carbons (Fsp3) is 0.610. The van der Waals surface area contributed by atoms with Gasteiger partial charge in [-0.25, -0.2) is 0 Å². The number of esters is 3. The minimum Gasteiger partial charge on any atom is -1.00 e. The molecule has 0 bridgehead atoms. The summed E-state index contributed by atoms with van der Waals surface area (Å²) in [6.07, 6.45) is 19.9. The number of alkyl halides is 1. The number of piperidine rings is 2. The number of phenolic OH excluding ortho intramolecular Hbond substituents is 4. The Kier molecular flexibility index (Phi) is 54.3. The summed E-state index contributed by atoms with van der Waals surface area (Å²) < 4.78 is 20.8. The molecule has 2 aliphatic carbocycles. The van der Waals surface area contributed by atoms with Gasteiger partial charge < -0.3 is 72.2 Å². The van der Waals surface area contributed by atoms with Gasteiger partial charge in [0.1, 0.15) is 39.4 Å². The predicted octanol–water partition coefficient (Wildman–Crippen LogP) is 5.22. The molecule has 576 valence electrons. The summed E-state index contributed by atoms with van der Waals surface area (Å²) in [4.78, 5) is 76.9. The largest absolute Gasteiger partial charge is 1.00 e. The van der Waals surface area contributed by atoms with Crippen LogP contribution in [-0.4, -0.2) is 193 Å². The molecule has 27 heteroatoms. The Bertz CT molecular complexity index is 3020. The number of rotatable bonds is 24. The van der Waals surface area contributed by atoms with Crippen molar-refractivity contribution in [2.75, 3.05) is 77.9 Å². The Hall–Kier alpha value is -3.83. The summed E-state index contributed by atoms with van der Waals surface area (Å²) in [5.41, 5.74) is 6.48. The van der Waals surface area contributed by atoms with E-state index in [1.807, 2.05) is 102 Å². The molecule has 0 radical (unpaired) electrons. The van der Waals surface area contributed by atoms with Crippen molar-refractivity contribution in [1.29, 1.82) is 0 Å². The number of benzene rings is 4.